The molecular weight excluding hydrogens is 268 g/mol. The average Bonchev–Trinajstić information content (AvgIpc) is 2.17. The fraction of sp³-hybridized carbons (Fsp3) is 0.400. The molecule has 1 aromatic carbocycles. The number of hydrogen-bond acceptors (Lipinski definition) is 2. The van der Waals surface area contributed by atoms with Gasteiger partial charge in [-0.2, -0.15) is 0 Å². The third-order valence-electron chi connectivity index (χ3n) is 2.04. The summed E-state index contributed by atoms with van der Waals surface area (Å²) in [4.78, 5) is 0. The molecule has 1 aromatic rings. The van der Waals surface area contributed by atoms with Crippen molar-refractivity contribution in [2.45, 2.75) is 12.5 Å². The molecule has 2 nitrogen and oxygen atoms in total. The van der Waals surface area contributed by atoms with Crippen molar-refractivity contribution in [3.05, 3.63) is 33.8 Å². The van der Waals surface area contributed by atoms with Crippen LogP contribution in [0.15, 0.2) is 22.7 Å². The van der Waals surface area contributed by atoms with Gasteiger partial charge in [0.25, 0.3) is 6.43 Å². The molecule has 0 aliphatic heterocycles. The van der Waals surface area contributed by atoms with Crippen LogP contribution in [0.25, 0.3) is 0 Å². The molecule has 0 aliphatic carbocycles. The van der Waals surface area contributed by atoms with E-state index in [9.17, 15) is 13.9 Å². The minimum absolute atomic E-state index is 0.0598. The van der Waals surface area contributed by atoms with Crippen LogP contribution < -0.4 is 5.32 Å². The number of rotatable bonds is 4. The normalized spacial score (nSPS) is 13.2. The average molecular weight is 280 g/mol. The Kier molecular flexibility index (Phi) is 4.63. The highest BCUT2D eigenvalue weighted by Gasteiger charge is 2.14. The van der Waals surface area contributed by atoms with Crippen LogP contribution in [0, 0.1) is 0 Å². The van der Waals surface area contributed by atoms with Gasteiger partial charge >= 0.3 is 0 Å². The van der Waals surface area contributed by atoms with Gasteiger partial charge in [-0.3, -0.25) is 0 Å². The topological polar surface area (TPSA) is 32.3 Å². The van der Waals surface area contributed by atoms with Crippen molar-refractivity contribution < 1.29 is 13.9 Å². The summed E-state index contributed by atoms with van der Waals surface area (Å²) in [6.07, 6.45) is -3.19. The van der Waals surface area contributed by atoms with Crippen LogP contribution in [-0.2, 0) is 0 Å². The second-order valence-electron chi connectivity index (χ2n) is 3.16. The van der Waals surface area contributed by atoms with Gasteiger partial charge in [-0.25, -0.2) is 8.78 Å². The third kappa shape index (κ3) is 3.22. The van der Waals surface area contributed by atoms with Crippen molar-refractivity contribution in [2.75, 3.05) is 13.6 Å². The Morgan fingerprint density at radius 2 is 2.13 bits per heavy atom. The van der Waals surface area contributed by atoms with Crippen LogP contribution in [0.2, 0.25) is 0 Å². The minimum Gasteiger partial charge on any atom is -0.387 e. The van der Waals surface area contributed by atoms with Crippen LogP contribution in [0.5, 0.6) is 0 Å². The lowest BCUT2D eigenvalue weighted by molar-refractivity contribution is 0.150. The monoisotopic (exact) mass is 279 g/mol. The maximum atomic E-state index is 12.4. The number of benzene rings is 1. The molecule has 15 heavy (non-hydrogen) atoms. The van der Waals surface area contributed by atoms with E-state index in [1.807, 2.05) is 0 Å². The van der Waals surface area contributed by atoms with Gasteiger partial charge in [0.15, 0.2) is 0 Å². The van der Waals surface area contributed by atoms with E-state index >= 15 is 0 Å². The number of likely N-dealkylation sites (N-methyl/N-ethyl adjacent to an activating group) is 1. The van der Waals surface area contributed by atoms with Gasteiger partial charge in [0, 0.05) is 16.6 Å². The van der Waals surface area contributed by atoms with Gasteiger partial charge < -0.3 is 10.4 Å². The lowest BCUT2D eigenvalue weighted by Crippen LogP contribution is -2.16. The van der Waals surface area contributed by atoms with Crippen molar-refractivity contribution in [2.24, 2.45) is 0 Å². The summed E-state index contributed by atoms with van der Waals surface area (Å²) >= 11 is 3.06. The maximum absolute atomic E-state index is 12.4. The van der Waals surface area contributed by atoms with E-state index in [0.29, 0.717) is 16.6 Å². The highest BCUT2D eigenvalue weighted by molar-refractivity contribution is 9.10. The highest BCUT2D eigenvalue weighted by atomic mass is 79.9. The Morgan fingerprint density at radius 1 is 1.47 bits per heavy atom. The molecule has 0 aromatic heterocycles. The highest BCUT2D eigenvalue weighted by Crippen LogP contribution is 2.29. The number of aliphatic hydroxyl groups excluding tert-OH is 1. The summed E-state index contributed by atoms with van der Waals surface area (Å²) in [5, 5.41) is 12.4. The van der Waals surface area contributed by atoms with E-state index in [1.54, 1.807) is 7.05 Å². The van der Waals surface area contributed by atoms with E-state index in [2.05, 4.69) is 21.2 Å². The first-order valence-corrected chi connectivity index (χ1v) is 5.25. The first kappa shape index (κ1) is 12.5. The van der Waals surface area contributed by atoms with Gasteiger partial charge in [0.1, 0.15) is 0 Å². The van der Waals surface area contributed by atoms with Crippen molar-refractivity contribution >= 4 is 15.9 Å². The Hall–Kier alpha value is -0.520. The molecule has 1 rings (SSSR count). The van der Waals surface area contributed by atoms with Crippen LogP contribution in [0.1, 0.15) is 23.7 Å². The molecular formula is C10H12BrF2NO. The molecule has 0 fully saturated rings. The Balaban J connectivity index is 2.91. The zero-order valence-electron chi connectivity index (χ0n) is 8.17. The Morgan fingerprint density at radius 3 is 2.60 bits per heavy atom. The van der Waals surface area contributed by atoms with Crippen LogP contribution in [0.4, 0.5) is 8.78 Å². The van der Waals surface area contributed by atoms with Crippen LogP contribution in [0.3, 0.4) is 0 Å². The molecule has 2 N–H and O–H groups in total. The fourth-order valence-corrected chi connectivity index (χ4v) is 1.81. The van der Waals surface area contributed by atoms with E-state index < -0.39 is 12.5 Å². The van der Waals surface area contributed by atoms with Crippen LogP contribution in [-0.4, -0.2) is 18.7 Å². The van der Waals surface area contributed by atoms with Crippen molar-refractivity contribution in [3.8, 4) is 0 Å². The smallest absolute Gasteiger partial charge is 0.264 e. The summed E-state index contributed by atoms with van der Waals surface area (Å²) < 4.78 is 25.1. The molecule has 0 saturated heterocycles. The van der Waals surface area contributed by atoms with Gasteiger partial charge in [-0.1, -0.05) is 28.1 Å². The molecule has 5 heteroatoms. The van der Waals surface area contributed by atoms with Gasteiger partial charge in [-0.05, 0) is 18.7 Å². The SMILES string of the molecule is CNCC(O)c1ccc(C(F)F)c(Br)c1. The predicted octanol–water partition coefficient (Wildman–Crippen LogP) is 2.64. The van der Waals surface area contributed by atoms with Gasteiger partial charge in [0.05, 0.1) is 6.10 Å². The lowest BCUT2D eigenvalue weighted by Gasteiger charge is -2.12. The lowest BCUT2D eigenvalue weighted by atomic mass is 10.1. The van der Waals surface area contributed by atoms with Crippen molar-refractivity contribution in [1.82, 2.24) is 5.32 Å². The van der Waals surface area contributed by atoms with E-state index in [0.717, 1.165) is 0 Å². The first-order valence-electron chi connectivity index (χ1n) is 4.46. The molecule has 0 bridgehead atoms. The minimum atomic E-state index is -2.50. The molecule has 0 aliphatic rings. The van der Waals surface area contributed by atoms with E-state index in [-0.39, 0.29) is 5.56 Å². The van der Waals surface area contributed by atoms with Gasteiger partial charge in [0.2, 0.25) is 0 Å². The number of nitrogens with one attached hydrogen (secondary N) is 1. The molecule has 0 spiro atoms. The van der Waals surface area contributed by atoms with Crippen molar-refractivity contribution in [3.63, 3.8) is 0 Å². The standard InChI is InChI=1S/C10H12BrF2NO/c1-14-5-9(15)6-2-3-7(10(12)13)8(11)4-6/h2-4,9-10,14-15H,5H2,1H3. The van der Waals surface area contributed by atoms with Crippen molar-refractivity contribution in [1.29, 1.82) is 0 Å². The summed E-state index contributed by atoms with van der Waals surface area (Å²) in [6, 6.07) is 4.35. The molecule has 1 atom stereocenters. The van der Waals surface area contributed by atoms with E-state index in [4.69, 9.17) is 0 Å². The number of hydrogen-bond donors (Lipinski definition) is 2. The zero-order chi connectivity index (χ0) is 11.4. The molecule has 0 saturated carbocycles. The zero-order valence-corrected chi connectivity index (χ0v) is 9.76. The summed E-state index contributed by atoms with van der Waals surface area (Å²) in [5.74, 6) is 0. The first-order chi connectivity index (χ1) is 7.06. The molecule has 84 valence electrons. The Bertz CT molecular complexity index is 333. The summed E-state index contributed by atoms with van der Waals surface area (Å²) in [5.41, 5.74) is 0.552. The fourth-order valence-electron chi connectivity index (χ4n) is 1.24. The molecule has 1 unspecified atom stereocenters. The van der Waals surface area contributed by atoms with Gasteiger partial charge in [-0.15, -0.1) is 0 Å². The quantitative estimate of drug-likeness (QED) is 0.888. The molecule has 0 radical (unpaired) electrons. The molecule has 0 amide bonds. The summed E-state index contributed by atoms with van der Waals surface area (Å²) in [6.45, 7) is 0.389. The second-order valence-corrected chi connectivity index (χ2v) is 4.01. The number of halogens is 3. The maximum Gasteiger partial charge on any atom is 0.264 e. The largest absolute Gasteiger partial charge is 0.387 e. The van der Waals surface area contributed by atoms with E-state index in [1.165, 1.54) is 18.2 Å². The molecule has 0 heterocycles. The van der Waals surface area contributed by atoms with Crippen LogP contribution >= 0.6 is 15.9 Å². The summed E-state index contributed by atoms with van der Waals surface area (Å²) in [7, 11) is 1.71. The number of aliphatic hydroxyl groups is 1. The predicted molar refractivity (Wildman–Crippen MR) is 58.0 cm³/mol. The Labute approximate surface area is 95.4 Å². The second kappa shape index (κ2) is 5.53. The number of alkyl halides is 2. The third-order valence-corrected chi connectivity index (χ3v) is 2.73.